The SMILES string of the molecule is CCOC(=O)c1c(-c2ccco2)csc1NC(=O)c1oc(Br)cc1C. The van der Waals surface area contributed by atoms with E-state index in [9.17, 15) is 9.59 Å². The smallest absolute Gasteiger partial charge is 0.341 e. The first-order chi connectivity index (χ1) is 12.0. The van der Waals surface area contributed by atoms with Gasteiger partial charge in [0.25, 0.3) is 5.91 Å². The van der Waals surface area contributed by atoms with E-state index >= 15 is 0 Å². The summed E-state index contributed by atoms with van der Waals surface area (Å²) >= 11 is 4.41. The summed E-state index contributed by atoms with van der Waals surface area (Å²) in [7, 11) is 0. The summed E-state index contributed by atoms with van der Waals surface area (Å²) in [5.41, 5.74) is 1.52. The van der Waals surface area contributed by atoms with Gasteiger partial charge in [-0.25, -0.2) is 4.79 Å². The van der Waals surface area contributed by atoms with Crippen LogP contribution in [0.15, 0.2) is 43.3 Å². The maximum Gasteiger partial charge on any atom is 0.341 e. The average Bonchev–Trinajstić information content (AvgIpc) is 3.27. The number of furan rings is 2. The lowest BCUT2D eigenvalue weighted by Gasteiger charge is -2.07. The van der Waals surface area contributed by atoms with Gasteiger partial charge < -0.3 is 18.9 Å². The van der Waals surface area contributed by atoms with Gasteiger partial charge in [0.2, 0.25) is 0 Å². The van der Waals surface area contributed by atoms with E-state index in [1.807, 2.05) is 0 Å². The molecular weight excluding hydrogens is 410 g/mol. The molecule has 0 radical (unpaired) electrons. The molecule has 0 saturated carbocycles. The van der Waals surface area contributed by atoms with Crippen LogP contribution in [0.3, 0.4) is 0 Å². The fourth-order valence-electron chi connectivity index (χ4n) is 2.30. The Labute approximate surface area is 155 Å². The Hall–Kier alpha value is -2.32. The number of amides is 1. The molecule has 25 heavy (non-hydrogen) atoms. The molecule has 0 fully saturated rings. The Bertz CT molecular complexity index is 910. The molecule has 0 unspecified atom stereocenters. The first kappa shape index (κ1) is 17.5. The second-order valence-corrected chi connectivity index (χ2v) is 6.73. The topological polar surface area (TPSA) is 81.7 Å². The van der Waals surface area contributed by atoms with Crippen LogP contribution >= 0.6 is 27.3 Å². The molecule has 1 N–H and O–H groups in total. The summed E-state index contributed by atoms with van der Waals surface area (Å²) < 4.78 is 16.3. The predicted molar refractivity (Wildman–Crippen MR) is 97.1 cm³/mol. The number of hydrogen-bond donors (Lipinski definition) is 1. The van der Waals surface area contributed by atoms with E-state index < -0.39 is 11.9 Å². The molecule has 3 aromatic heterocycles. The van der Waals surface area contributed by atoms with Crippen LogP contribution in [0.1, 0.15) is 33.4 Å². The van der Waals surface area contributed by atoms with Gasteiger partial charge in [-0.3, -0.25) is 4.79 Å². The zero-order chi connectivity index (χ0) is 18.0. The molecule has 0 aliphatic rings. The first-order valence-corrected chi connectivity index (χ1v) is 9.08. The number of halogens is 1. The van der Waals surface area contributed by atoms with Crippen molar-refractivity contribution in [2.75, 3.05) is 11.9 Å². The molecule has 0 saturated heterocycles. The third-order valence-corrected chi connectivity index (χ3v) is 4.66. The van der Waals surface area contributed by atoms with Crippen molar-refractivity contribution in [3.05, 3.63) is 51.4 Å². The van der Waals surface area contributed by atoms with Gasteiger partial charge in [0.1, 0.15) is 16.3 Å². The van der Waals surface area contributed by atoms with Crippen LogP contribution in [-0.4, -0.2) is 18.5 Å². The summed E-state index contributed by atoms with van der Waals surface area (Å²) in [6, 6.07) is 5.16. The molecule has 0 aliphatic carbocycles. The average molecular weight is 424 g/mol. The maximum absolute atomic E-state index is 12.5. The van der Waals surface area contributed by atoms with Gasteiger partial charge in [-0.2, -0.15) is 0 Å². The summed E-state index contributed by atoms with van der Waals surface area (Å²) in [6.45, 7) is 3.71. The first-order valence-electron chi connectivity index (χ1n) is 7.41. The van der Waals surface area contributed by atoms with E-state index in [-0.39, 0.29) is 17.9 Å². The van der Waals surface area contributed by atoms with Gasteiger partial charge in [0, 0.05) is 16.5 Å². The minimum absolute atomic E-state index is 0.176. The molecule has 3 heterocycles. The number of ether oxygens (including phenoxy) is 1. The predicted octanol–water partition coefficient (Wildman–Crippen LogP) is 5.10. The number of esters is 1. The van der Waals surface area contributed by atoms with Gasteiger partial charge in [0.05, 0.1) is 12.9 Å². The molecule has 0 atom stereocenters. The second kappa shape index (κ2) is 7.28. The normalized spacial score (nSPS) is 10.7. The van der Waals surface area contributed by atoms with Gasteiger partial charge >= 0.3 is 5.97 Å². The lowest BCUT2D eigenvalue weighted by Crippen LogP contribution is -2.15. The Morgan fingerprint density at radius 1 is 1.40 bits per heavy atom. The highest BCUT2D eigenvalue weighted by atomic mass is 79.9. The third kappa shape index (κ3) is 3.54. The number of carbonyl (C=O) groups excluding carboxylic acids is 2. The Morgan fingerprint density at radius 2 is 2.20 bits per heavy atom. The van der Waals surface area contributed by atoms with Crippen LogP contribution in [-0.2, 0) is 4.74 Å². The van der Waals surface area contributed by atoms with Gasteiger partial charge in [-0.05, 0) is 48.0 Å². The van der Waals surface area contributed by atoms with Crippen molar-refractivity contribution in [3.8, 4) is 11.3 Å². The van der Waals surface area contributed by atoms with Crippen LogP contribution in [0.25, 0.3) is 11.3 Å². The zero-order valence-electron chi connectivity index (χ0n) is 13.4. The number of carbonyl (C=O) groups is 2. The number of nitrogens with one attached hydrogen (secondary N) is 1. The van der Waals surface area contributed by atoms with Crippen molar-refractivity contribution in [1.82, 2.24) is 0 Å². The summed E-state index contributed by atoms with van der Waals surface area (Å²) in [4.78, 5) is 24.9. The number of thiophene rings is 1. The molecular formula is C17H14BrNO5S. The van der Waals surface area contributed by atoms with E-state index in [1.54, 1.807) is 37.4 Å². The van der Waals surface area contributed by atoms with Crippen molar-refractivity contribution in [2.24, 2.45) is 0 Å². The highest BCUT2D eigenvalue weighted by Crippen LogP contribution is 2.37. The van der Waals surface area contributed by atoms with Gasteiger partial charge in [-0.1, -0.05) is 0 Å². The molecule has 0 aliphatic heterocycles. The van der Waals surface area contributed by atoms with Crippen LogP contribution in [0.4, 0.5) is 5.00 Å². The third-order valence-electron chi connectivity index (χ3n) is 3.38. The number of aryl methyl sites for hydroxylation is 1. The Kier molecular flexibility index (Phi) is 5.10. The van der Waals surface area contributed by atoms with Gasteiger partial charge in [-0.15, -0.1) is 11.3 Å². The monoisotopic (exact) mass is 423 g/mol. The van der Waals surface area contributed by atoms with E-state index in [1.165, 1.54) is 17.6 Å². The van der Waals surface area contributed by atoms with Crippen LogP contribution in [0.5, 0.6) is 0 Å². The highest BCUT2D eigenvalue weighted by Gasteiger charge is 2.25. The van der Waals surface area contributed by atoms with Crippen LogP contribution in [0, 0.1) is 6.92 Å². The quantitative estimate of drug-likeness (QED) is 0.577. The van der Waals surface area contributed by atoms with E-state index in [4.69, 9.17) is 13.6 Å². The molecule has 8 heteroatoms. The van der Waals surface area contributed by atoms with Gasteiger partial charge in [0.15, 0.2) is 10.4 Å². The molecule has 6 nitrogen and oxygen atoms in total. The fraction of sp³-hybridized carbons (Fsp3) is 0.176. The van der Waals surface area contributed by atoms with Crippen molar-refractivity contribution >= 4 is 44.1 Å². The van der Waals surface area contributed by atoms with Crippen LogP contribution in [0.2, 0.25) is 0 Å². The van der Waals surface area contributed by atoms with E-state index in [2.05, 4.69) is 21.2 Å². The van der Waals surface area contributed by atoms with Crippen molar-refractivity contribution < 1.29 is 23.2 Å². The molecule has 0 bridgehead atoms. The minimum atomic E-state index is -0.525. The highest BCUT2D eigenvalue weighted by molar-refractivity contribution is 9.10. The number of anilines is 1. The number of rotatable bonds is 5. The lowest BCUT2D eigenvalue weighted by molar-refractivity contribution is 0.0529. The summed E-state index contributed by atoms with van der Waals surface area (Å²) in [5, 5.41) is 4.84. The maximum atomic E-state index is 12.5. The Balaban J connectivity index is 1.97. The lowest BCUT2D eigenvalue weighted by atomic mass is 10.1. The largest absolute Gasteiger partial charge is 0.464 e. The number of hydrogen-bond acceptors (Lipinski definition) is 6. The summed E-state index contributed by atoms with van der Waals surface area (Å²) in [6.07, 6.45) is 1.52. The molecule has 3 rings (SSSR count). The van der Waals surface area contributed by atoms with E-state index in [0.29, 0.717) is 26.6 Å². The minimum Gasteiger partial charge on any atom is -0.464 e. The molecule has 1 amide bonds. The van der Waals surface area contributed by atoms with Crippen molar-refractivity contribution in [1.29, 1.82) is 0 Å². The Morgan fingerprint density at radius 3 is 2.80 bits per heavy atom. The van der Waals surface area contributed by atoms with E-state index in [0.717, 1.165) is 0 Å². The summed E-state index contributed by atoms with van der Waals surface area (Å²) in [5.74, 6) is -0.268. The molecule has 3 aromatic rings. The van der Waals surface area contributed by atoms with Crippen LogP contribution < -0.4 is 5.32 Å². The van der Waals surface area contributed by atoms with Crippen molar-refractivity contribution in [3.63, 3.8) is 0 Å². The zero-order valence-corrected chi connectivity index (χ0v) is 15.8. The molecule has 0 spiro atoms. The second-order valence-electron chi connectivity index (χ2n) is 5.07. The molecule has 130 valence electrons. The molecule has 0 aromatic carbocycles. The van der Waals surface area contributed by atoms with Crippen molar-refractivity contribution in [2.45, 2.75) is 13.8 Å². The standard InChI is InChI=1S/C17H14BrNO5S/c1-3-22-17(21)13-10(11-5-4-6-23-11)8-25-16(13)19-15(20)14-9(2)7-12(18)24-14/h4-8H,3H2,1-2H3,(H,19,20). The fourth-order valence-corrected chi connectivity index (χ4v) is 3.74.